The van der Waals surface area contributed by atoms with E-state index in [0.717, 1.165) is 0 Å². The summed E-state index contributed by atoms with van der Waals surface area (Å²) in [6.07, 6.45) is 0.523. The van der Waals surface area contributed by atoms with E-state index in [4.69, 9.17) is 5.11 Å². The summed E-state index contributed by atoms with van der Waals surface area (Å²) < 4.78 is 22.4. The standard InChI is InChI=1S/C6H11NO4S.C2H6/c8-6(9)4-12(10,11)5-1-2-7-3-5;1-2/h5,7H,1-4H2,(H,8,9);1-2H3. The van der Waals surface area contributed by atoms with E-state index >= 15 is 0 Å². The van der Waals surface area contributed by atoms with Crippen molar-refractivity contribution in [1.29, 1.82) is 0 Å². The SMILES string of the molecule is CC.O=C(O)CS(=O)(=O)C1CCNC1. The first-order valence-electron chi connectivity index (χ1n) is 4.66. The molecule has 0 bridgehead atoms. The van der Waals surface area contributed by atoms with Crippen LogP contribution in [-0.4, -0.2) is 43.6 Å². The molecule has 1 atom stereocenters. The summed E-state index contributed by atoms with van der Waals surface area (Å²) in [5, 5.41) is 10.7. The van der Waals surface area contributed by atoms with E-state index in [9.17, 15) is 13.2 Å². The number of hydrogen-bond donors (Lipinski definition) is 2. The summed E-state index contributed by atoms with van der Waals surface area (Å²) in [6, 6.07) is 0. The number of carboxylic acid groups (broad SMARTS) is 1. The molecule has 1 saturated heterocycles. The molecule has 84 valence electrons. The van der Waals surface area contributed by atoms with Gasteiger partial charge in [-0.25, -0.2) is 8.42 Å². The van der Waals surface area contributed by atoms with Crippen molar-refractivity contribution in [3.05, 3.63) is 0 Å². The van der Waals surface area contributed by atoms with Crippen molar-refractivity contribution >= 4 is 15.8 Å². The molecule has 1 unspecified atom stereocenters. The van der Waals surface area contributed by atoms with Gasteiger partial charge in [-0.1, -0.05) is 13.8 Å². The Kier molecular flexibility index (Phi) is 5.71. The van der Waals surface area contributed by atoms with E-state index in [-0.39, 0.29) is 0 Å². The van der Waals surface area contributed by atoms with Crippen LogP contribution in [-0.2, 0) is 14.6 Å². The highest BCUT2D eigenvalue weighted by atomic mass is 32.2. The molecule has 1 fully saturated rings. The lowest BCUT2D eigenvalue weighted by Gasteiger charge is -2.06. The van der Waals surface area contributed by atoms with Gasteiger partial charge in [-0.2, -0.15) is 0 Å². The fourth-order valence-electron chi connectivity index (χ4n) is 1.22. The summed E-state index contributed by atoms with van der Waals surface area (Å²) in [4.78, 5) is 10.2. The predicted octanol–water partition coefficient (Wildman–Crippen LogP) is -0.126. The number of nitrogens with one attached hydrogen (secondary N) is 1. The zero-order valence-corrected chi connectivity index (χ0v) is 9.30. The monoisotopic (exact) mass is 223 g/mol. The lowest BCUT2D eigenvalue weighted by molar-refractivity contribution is -0.134. The molecule has 5 nitrogen and oxygen atoms in total. The Bertz CT molecular complexity index is 267. The van der Waals surface area contributed by atoms with Gasteiger partial charge >= 0.3 is 5.97 Å². The third kappa shape index (κ3) is 4.06. The summed E-state index contributed by atoms with van der Waals surface area (Å²) in [7, 11) is -3.42. The molecule has 0 aromatic heterocycles. The molecule has 2 N–H and O–H groups in total. The first-order chi connectivity index (χ1) is 6.52. The van der Waals surface area contributed by atoms with Gasteiger partial charge in [0.15, 0.2) is 9.84 Å². The van der Waals surface area contributed by atoms with E-state index in [2.05, 4.69) is 5.32 Å². The van der Waals surface area contributed by atoms with Crippen molar-refractivity contribution in [2.45, 2.75) is 25.5 Å². The number of aliphatic carboxylic acids is 1. The molecule has 0 aromatic rings. The maximum atomic E-state index is 11.2. The lowest BCUT2D eigenvalue weighted by atomic mass is 10.4. The van der Waals surface area contributed by atoms with Crippen LogP contribution in [0.5, 0.6) is 0 Å². The second kappa shape index (κ2) is 5.98. The molecule has 1 rings (SSSR count). The number of carboxylic acids is 1. The lowest BCUT2D eigenvalue weighted by Crippen LogP contribution is -2.29. The average molecular weight is 223 g/mol. The second-order valence-electron chi connectivity index (χ2n) is 2.82. The van der Waals surface area contributed by atoms with Gasteiger partial charge in [0.05, 0.1) is 5.25 Å². The van der Waals surface area contributed by atoms with Crippen LogP contribution in [0.1, 0.15) is 20.3 Å². The minimum absolute atomic E-state index is 0.385. The number of carbonyl (C=O) groups is 1. The van der Waals surface area contributed by atoms with Crippen LogP contribution >= 0.6 is 0 Å². The summed E-state index contributed by atoms with van der Waals surface area (Å²) in [5.74, 6) is -2.03. The maximum absolute atomic E-state index is 11.2. The largest absolute Gasteiger partial charge is 0.480 e. The van der Waals surface area contributed by atoms with Crippen molar-refractivity contribution < 1.29 is 18.3 Å². The van der Waals surface area contributed by atoms with Crippen molar-refractivity contribution in [1.82, 2.24) is 5.32 Å². The van der Waals surface area contributed by atoms with Crippen LogP contribution in [0.15, 0.2) is 0 Å². The Hall–Kier alpha value is -0.620. The highest BCUT2D eigenvalue weighted by Gasteiger charge is 2.30. The zero-order valence-electron chi connectivity index (χ0n) is 8.49. The number of hydrogen-bond acceptors (Lipinski definition) is 4. The van der Waals surface area contributed by atoms with Crippen LogP contribution in [0.3, 0.4) is 0 Å². The molecule has 6 heteroatoms. The average Bonchev–Trinajstić information content (AvgIpc) is 2.57. The summed E-state index contributed by atoms with van der Waals surface area (Å²) >= 11 is 0. The molecule has 0 amide bonds. The van der Waals surface area contributed by atoms with Crippen molar-refractivity contribution in [2.24, 2.45) is 0 Å². The van der Waals surface area contributed by atoms with Crippen LogP contribution in [0, 0.1) is 0 Å². The normalized spacial score (nSPS) is 21.1. The molecular formula is C8H17NO4S. The van der Waals surface area contributed by atoms with Gasteiger partial charge in [0.2, 0.25) is 0 Å². The Labute approximate surface area is 84.4 Å². The highest BCUT2D eigenvalue weighted by Crippen LogP contribution is 2.10. The van der Waals surface area contributed by atoms with Gasteiger partial charge < -0.3 is 10.4 Å². The minimum Gasteiger partial charge on any atom is -0.480 e. The molecular weight excluding hydrogens is 206 g/mol. The van der Waals surface area contributed by atoms with Crippen molar-refractivity contribution in [3.63, 3.8) is 0 Å². The van der Waals surface area contributed by atoms with Crippen LogP contribution in [0.4, 0.5) is 0 Å². The highest BCUT2D eigenvalue weighted by molar-refractivity contribution is 7.92. The Morgan fingerprint density at radius 1 is 1.50 bits per heavy atom. The number of sulfone groups is 1. The second-order valence-corrected chi connectivity index (χ2v) is 5.10. The van der Waals surface area contributed by atoms with E-state index in [1.807, 2.05) is 13.8 Å². The maximum Gasteiger partial charge on any atom is 0.318 e. The molecule has 0 aliphatic carbocycles. The quantitative estimate of drug-likeness (QED) is 0.696. The van der Waals surface area contributed by atoms with E-state index in [1.54, 1.807) is 0 Å². The molecule has 0 aromatic carbocycles. The van der Waals surface area contributed by atoms with Gasteiger partial charge in [-0.3, -0.25) is 4.79 Å². The topological polar surface area (TPSA) is 83.5 Å². The fraction of sp³-hybridized carbons (Fsp3) is 0.875. The van der Waals surface area contributed by atoms with Gasteiger partial charge in [0, 0.05) is 6.54 Å². The van der Waals surface area contributed by atoms with Gasteiger partial charge in [0.25, 0.3) is 0 Å². The van der Waals surface area contributed by atoms with Crippen molar-refractivity contribution in [2.75, 3.05) is 18.8 Å². The van der Waals surface area contributed by atoms with Gasteiger partial charge in [-0.15, -0.1) is 0 Å². The third-order valence-electron chi connectivity index (χ3n) is 1.85. The van der Waals surface area contributed by atoms with Crippen LogP contribution in [0.2, 0.25) is 0 Å². The molecule has 0 radical (unpaired) electrons. The minimum atomic E-state index is -3.42. The Morgan fingerprint density at radius 3 is 2.43 bits per heavy atom. The van der Waals surface area contributed by atoms with Gasteiger partial charge in [-0.05, 0) is 13.0 Å². The third-order valence-corrected chi connectivity index (χ3v) is 3.92. The van der Waals surface area contributed by atoms with Crippen molar-refractivity contribution in [3.8, 4) is 0 Å². The Balaban J connectivity index is 0.000000791. The molecule has 0 spiro atoms. The molecule has 1 aliphatic heterocycles. The fourth-order valence-corrected chi connectivity index (χ4v) is 2.65. The predicted molar refractivity (Wildman–Crippen MR) is 54.0 cm³/mol. The first kappa shape index (κ1) is 13.4. The smallest absolute Gasteiger partial charge is 0.318 e. The Morgan fingerprint density at radius 2 is 2.07 bits per heavy atom. The van der Waals surface area contributed by atoms with E-state index < -0.39 is 26.8 Å². The first-order valence-corrected chi connectivity index (χ1v) is 6.38. The van der Waals surface area contributed by atoms with Crippen LogP contribution < -0.4 is 5.32 Å². The molecule has 14 heavy (non-hydrogen) atoms. The summed E-state index contributed by atoms with van der Waals surface area (Å²) in [6.45, 7) is 5.04. The number of rotatable bonds is 3. The molecule has 1 aliphatic rings. The molecule has 0 saturated carbocycles. The van der Waals surface area contributed by atoms with E-state index in [0.29, 0.717) is 19.5 Å². The van der Waals surface area contributed by atoms with E-state index in [1.165, 1.54) is 0 Å². The summed E-state index contributed by atoms with van der Waals surface area (Å²) in [5.41, 5.74) is 0. The molecule has 1 heterocycles. The zero-order chi connectivity index (χ0) is 11.2. The van der Waals surface area contributed by atoms with Gasteiger partial charge in [0.1, 0.15) is 5.75 Å². The van der Waals surface area contributed by atoms with Crippen LogP contribution in [0.25, 0.3) is 0 Å².